The molecule has 4 N–H and O–H groups in total. The van der Waals surface area contributed by atoms with Crippen LogP contribution >= 0.6 is 0 Å². The third-order valence-electron chi connectivity index (χ3n) is 2.52. The van der Waals surface area contributed by atoms with E-state index in [9.17, 15) is 14.4 Å². The number of hydrogen-bond acceptors (Lipinski definition) is 4. The second-order valence-corrected chi connectivity index (χ2v) is 5.91. The van der Waals surface area contributed by atoms with Crippen molar-refractivity contribution >= 4 is 17.8 Å². The number of aliphatic carboxylic acids is 1. The van der Waals surface area contributed by atoms with Gasteiger partial charge in [-0.25, -0.2) is 0 Å². The highest BCUT2D eigenvalue weighted by Gasteiger charge is 2.24. The van der Waals surface area contributed by atoms with Gasteiger partial charge in [-0.15, -0.1) is 0 Å². The molecule has 0 unspecified atom stereocenters. The molecule has 116 valence electrons. The van der Waals surface area contributed by atoms with Crippen LogP contribution < -0.4 is 16.0 Å². The molecule has 0 fully saturated rings. The number of carbonyl (C=O) groups is 3. The molecule has 0 aromatic rings. The van der Waals surface area contributed by atoms with Crippen LogP contribution in [0.4, 0.5) is 0 Å². The molecule has 0 saturated heterocycles. The second-order valence-electron chi connectivity index (χ2n) is 5.91. The van der Waals surface area contributed by atoms with Crippen LogP contribution in [0, 0.1) is 0 Å². The number of nitrogens with one attached hydrogen (secondary N) is 3. The van der Waals surface area contributed by atoms with Crippen molar-refractivity contribution in [2.75, 3.05) is 0 Å². The zero-order valence-electron chi connectivity index (χ0n) is 12.9. The predicted octanol–water partition coefficient (Wildman–Crippen LogP) is -0.143. The fraction of sp³-hybridized carbons (Fsp3) is 0.769. The minimum atomic E-state index is -1.13. The Bertz CT molecular complexity index is 376. The quantitative estimate of drug-likeness (QED) is 0.544. The summed E-state index contributed by atoms with van der Waals surface area (Å²) < 4.78 is 0. The first-order valence-electron chi connectivity index (χ1n) is 6.55. The fourth-order valence-electron chi connectivity index (χ4n) is 1.52. The topological polar surface area (TPSA) is 108 Å². The summed E-state index contributed by atoms with van der Waals surface area (Å²) in [7, 11) is 0. The summed E-state index contributed by atoms with van der Waals surface area (Å²) >= 11 is 0. The van der Waals surface area contributed by atoms with Crippen molar-refractivity contribution in [3.63, 3.8) is 0 Å². The van der Waals surface area contributed by atoms with Crippen molar-refractivity contribution < 1.29 is 19.5 Å². The molecule has 7 heteroatoms. The molecule has 0 aromatic heterocycles. The van der Waals surface area contributed by atoms with Gasteiger partial charge in [0.05, 0.1) is 6.04 Å². The first-order chi connectivity index (χ1) is 8.94. The van der Waals surface area contributed by atoms with Crippen LogP contribution in [0.1, 0.15) is 41.5 Å². The Labute approximate surface area is 119 Å². The van der Waals surface area contributed by atoms with Gasteiger partial charge in [-0.3, -0.25) is 14.4 Å². The first kappa shape index (κ1) is 18.4. The van der Waals surface area contributed by atoms with Crippen LogP contribution in [0.2, 0.25) is 0 Å². The SMILES string of the molecule is C[C@H](NC(=O)[C@H](C)NC(=O)[C@H](C)NC(C)(C)C)C(=O)O. The minimum Gasteiger partial charge on any atom is -0.480 e. The average Bonchev–Trinajstić information content (AvgIpc) is 2.25. The van der Waals surface area contributed by atoms with Gasteiger partial charge >= 0.3 is 5.97 Å². The molecule has 0 saturated carbocycles. The van der Waals surface area contributed by atoms with Gasteiger partial charge in [0, 0.05) is 5.54 Å². The van der Waals surface area contributed by atoms with Crippen LogP contribution in [0.25, 0.3) is 0 Å². The van der Waals surface area contributed by atoms with E-state index < -0.39 is 30.0 Å². The summed E-state index contributed by atoms with van der Waals surface area (Å²) in [5, 5.41) is 16.6. The van der Waals surface area contributed by atoms with Crippen LogP contribution in [0.3, 0.4) is 0 Å². The number of rotatable bonds is 6. The number of carboxylic acid groups (broad SMARTS) is 1. The summed E-state index contributed by atoms with van der Waals surface area (Å²) in [6, 6.07) is -2.25. The van der Waals surface area contributed by atoms with E-state index in [2.05, 4.69) is 16.0 Å². The number of carboxylic acids is 1. The Hall–Kier alpha value is -1.63. The molecule has 0 aromatic carbocycles. The molecule has 3 atom stereocenters. The van der Waals surface area contributed by atoms with Gasteiger partial charge in [0.15, 0.2) is 0 Å². The Morgan fingerprint density at radius 1 is 0.850 bits per heavy atom. The minimum absolute atomic E-state index is 0.222. The number of amides is 2. The van der Waals surface area contributed by atoms with E-state index in [-0.39, 0.29) is 11.4 Å². The molecule has 0 aliphatic rings. The molecule has 0 radical (unpaired) electrons. The Morgan fingerprint density at radius 3 is 1.65 bits per heavy atom. The Kier molecular flexibility index (Phi) is 6.64. The fourth-order valence-corrected chi connectivity index (χ4v) is 1.52. The van der Waals surface area contributed by atoms with E-state index in [1.807, 2.05) is 20.8 Å². The highest BCUT2D eigenvalue weighted by atomic mass is 16.4. The summed E-state index contributed by atoms with van der Waals surface area (Å²) in [6.07, 6.45) is 0. The van der Waals surface area contributed by atoms with Gasteiger partial charge in [0.25, 0.3) is 0 Å². The predicted molar refractivity (Wildman–Crippen MR) is 75.2 cm³/mol. The van der Waals surface area contributed by atoms with Crippen molar-refractivity contribution in [3.05, 3.63) is 0 Å². The molecule has 20 heavy (non-hydrogen) atoms. The van der Waals surface area contributed by atoms with E-state index in [0.717, 1.165) is 0 Å². The zero-order valence-corrected chi connectivity index (χ0v) is 12.9. The molecular formula is C13H25N3O4. The number of hydrogen-bond donors (Lipinski definition) is 4. The molecule has 0 aliphatic heterocycles. The monoisotopic (exact) mass is 287 g/mol. The highest BCUT2D eigenvalue weighted by Crippen LogP contribution is 2.01. The molecule has 0 rings (SSSR count). The van der Waals surface area contributed by atoms with Crippen molar-refractivity contribution in [1.29, 1.82) is 0 Å². The molecule has 0 aliphatic carbocycles. The van der Waals surface area contributed by atoms with Crippen LogP contribution in [0.5, 0.6) is 0 Å². The lowest BCUT2D eigenvalue weighted by Gasteiger charge is -2.26. The molecule has 7 nitrogen and oxygen atoms in total. The molecule has 0 spiro atoms. The molecule has 0 heterocycles. The maximum Gasteiger partial charge on any atom is 0.325 e. The van der Waals surface area contributed by atoms with E-state index in [1.54, 1.807) is 6.92 Å². The van der Waals surface area contributed by atoms with Gasteiger partial charge in [0.2, 0.25) is 11.8 Å². The van der Waals surface area contributed by atoms with Crippen LogP contribution in [-0.2, 0) is 14.4 Å². The van der Waals surface area contributed by atoms with E-state index in [4.69, 9.17) is 5.11 Å². The van der Waals surface area contributed by atoms with Gasteiger partial charge in [0.1, 0.15) is 12.1 Å². The van der Waals surface area contributed by atoms with Crippen molar-refractivity contribution in [1.82, 2.24) is 16.0 Å². The van der Waals surface area contributed by atoms with Crippen LogP contribution in [0.15, 0.2) is 0 Å². The van der Waals surface area contributed by atoms with E-state index in [1.165, 1.54) is 13.8 Å². The Morgan fingerprint density at radius 2 is 1.25 bits per heavy atom. The normalized spacial score (nSPS) is 15.9. The van der Waals surface area contributed by atoms with Crippen molar-refractivity contribution in [3.8, 4) is 0 Å². The van der Waals surface area contributed by atoms with E-state index >= 15 is 0 Å². The van der Waals surface area contributed by atoms with Crippen LogP contribution in [-0.4, -0.2) is 46.6 Å². The third kappa shape index (κ3) is 7.08. The van der Waals surface area contributed by atoms with Crippen molar-refractivity contribution in [2.24, 2.45) is 0 Å². The highest BCUT2D eigenvalue weighted by molar-refractivity contribution is 5.91. The summed E-state index contributed by atoms with van der Waals surface area (Å²) in [6.45, 7) is 10.4. The van der Waals surface area contributed by atoms with Crippen molar-refractivity contribution in [2.45, 2.75) is 65.2 Å². The van der Waals surface area contributed by atoms with Gasteiger partial charge < -0.3 is 21.1 Å². The standard InChI is InChI=1S/C13H25N3O4/c1-7(10(17)15-9(3)12(19)20)14-11(18)8(2)16-13(4,5)6/h7-9,16H,1-6H3,(H,14,18)(H,15,17)(H,19,20)/t7-,8-,9-/m0/s1. The van der Waals surface area contributed by atoms with Gasteiger partial charge in [-0.1, -0.05) is 0 Å². The van der Waals surface area contributed by atoms with Gasteiger partial charge in [-0.05, 0) is 41.5 Å². The summed E-state index contributed by atoms with van der Waals surface area (Å²) in [5.41, 5.74) is -0.222. The maximum atomic E-state index is 11.9. The lowest BCUT2D eigenvalue weighted by atomic mass is 10.1. The second kappa shape index (κ2) is 7.23. The Balaban J connectivity index is 4.38. The summed E-state index contributed by atoms with van der Waals surface area (Å²) in [5.74, 6) is -1.97. The number of carbonyl (C=O) groups excluding carboxylic acids is 2. The maximum absolute atomic E-state index is 11.9. The smallest absolute Gasteiger partial charge is 0.325 e. The summed E-state index contributed by atoms with van der Waals surface area (Å²) in [4.78, 5) is 34.2. The van der Waals surface area contributed by atoms with Gasteiger partial charge in [-0.2, -0.15) is 0 Å². The molecule has 0 bridgehead atoms. The first-order valence-corrected chi connectivity index (χ1v) is 6.55. The lowest BCUT2D eigenvalue weighted by molar-refractivity contribution is -0.141. The molecule has 2 amide bonds. The zero-order chi connectivity index (χ0) is 16.1. The molecular weight excluding hydrogens is 262 g/mol. The largest absolute Gasteiger partial charge is 0.480 e. The van der Waals surface area contributed by atoms with E-state index in [0.29, 0.717) is 0 Å². The average molecular weight is 287 g/mol. The third-order valence-corrected chi connectivity index (χ3v) is 2.52. The lowest BCUT2D eigenvalue weighted by Crippen LogP contribution is -2.55.